The van der Waals surface area contributed by atoms with Gasteiger partial charge >= 0.3 is 0 Å². The molecule has 12 atom stereocenters. The third-order valence-corrected chi connectivity index (χ3v) is 12.1. The van der Waals surface area contributed by atoms with Crippen LogP contribution in [0.4, 0.5) is 0 Å². The van der Waals surface area contributed by atoms with Crippen molar-refractivity contribution in [3.63, 3.8) is 0 Å². The molecule has 170 valence electrons. The maximum Gasteiger partial charge on any atom is 0.122 e. The second-order valence-electron chi connectivity index (χ2n) is 13.3. The molecule has 6 aliphatic rings. The molecule has 2 heterocycles. The van der Waals surface area contributed by atoms with Crippen molar-refractivity contribution in [1.29, 1.82) is 0 Å². The van der Waals surface area contributed by atoms with Crippen molar-refractivity contribution in [3.05, 3.63) is 0 Å². The molecule has 2 saturated heterocycles. The smallest absolute Gasteiger partial charge is 0.122 e. The first-order valence-corrected chi connectivity index (χ1v) is 13.4. The summed E-state index contributed by atoms with van der Waals surface area (Å²) in [4.78, 5) is 0. The summed E-state index contributed by atoms with van der Waals surface area (Å²) in [5.41, 5.74) is 0.919. The molecule has 0 aromatic heterocycles. The van der Waals surface area contributed by atoms with E-state index in [-0.39, 0.29) is 11.8 Å². The Morgan fingerprint density at radius 3 is 2.43 bits per heavy atom. The topological polar surface area (TPSA) is 41.5 Å². The van der Waals surface area contributed by atoms with E-state index in [1.165, 1.54) is 51.4 Å². The SMILES string of the molecule is C[C@H]1CC[C@]2(NC1)O[C@H]1C[C@H]3[C@@H]4CC[C@H]5C[C@H](O)CC[C@]5(C)[C@H]4CC[C@]3(C)[C@H]1[C@@H]2C. The monoisotopic (exact) mass is 415 g/mol. The van der Waals surface area contributed by atoms with Crippen LogP contribution in [-0.2, 0) is 4.74 Å². The van der Waals surface area contributed by atoms with Gasteiger partial charge in [0.2, 0.25) is 0 Å². The number of ether oxygens (including phenoxy) is 1. The van der Waals surface area contributed by atoms with Crippen LogP contribution in [0, 0.1) is 52.3 Å². The molecule has 0 radical (unpaired) electrons. The molecule has 6 fully saturated rings. The van der Waals surface area contributed by atoms with E-state index in [1.54, 1.807) is 0 Å². The van der Waals surface area contributed by atoms with Crippen molar-refractivity contribution < 1.29 is 9.84 Å². The molecule has 0 aromatic rings. The average molecular weight is 416 g/mol. The molecule has 3 nitrogen and oxygen atoms in total. The third-order valence-electron chi connectivity index (χ3n) is 12.1. The first kappa shape index (κ1) is 20.5. The molecule has 4 saturated carbocycles. The van der Waals surface area contributed by atoms with E-state index >= 15 is 0 Å². The first-order valence-electron chi connectivity index (χ1n) is 13.4. The third kappa shape index (κ3) is 2.61. The molecule has 1 spiro atoms. The highest BCUT2D eigenvalue weighted by molar-refractivity contribution is 5.16. The molecule has 30 heavy (non-hydrogen) atoms. The van der Waals surface area contributed by atoms with Crippen molar-refractivity contribution in [1.82, 2.24) is 5.32 Å². The van der Waals surface area contributed by atoms with Gasteiger partial charge in [-0.15, -0.1) is 0 Å². The highest BCUT2D eigenvalue weighted by Gasteiger charge is 2.68. The number of hydrogen-bond acceptors (Lipinski definition) is 3. The number of rotatable bonds is 0. The van der Waals surface area contributed by atoms with Crippen LogP contribution in [0.5, 0.6) is 0 Å². The summed E-state index contributed by atoms with van der Waals surface area (Å²) in [6.07, 6.45) is 13.2. The zero-order valence-corrected chi connectivity index (χ0v) is 19.8. The van der Waals surface area contributed by atoms with Crippen LogP contribution in [-0.4, -0.2) is 29.6 Å². The molecule has 2 N–H and O–H groups in total. The van der Waals surface area contributed by atoms with Gasteiger partial charge in [-0.3, -0.25) is 5.32 Å². The highest BCUT2D eigenvalue weighted by atomic mass is 16.5. The summed E-state index contributed by atoms with van der Waals surface area (Å²) in [7, 11) is 0. The van der Waals surface area contributed by atoms with Gasteiger partial charge in [0.1, 0.15) is 5.72 Å². The summed E-state index contributed by atoms with van der Waals surface area (Å²) in [6, 6.07) is 0. The Morgan fingerprint density at radius 2 is 1.67 bits per heavy atom. The standard InChI is InChI=1S/C27H45NO2/c1-16-7-12-27(28-15-16)17(2)24-23(30-27)14-22-20-6-5-18-13-19(29)8-10-25(18,3)21(20)9-11-26(22,24)4/h16-24,28-29H,5-15H2,1-4H3/t16-,17-,18-,19+,20+,21-,22-,23-,24-,25-,26-,27-/m0/s1. The Bertz CT molecular complexity index is 686. The van der Waals surface area contributed by atoms with E-state index in [0.29, 0.717) is 22.9 Å². The zero-order valence-electron chi connectivity index (χ0n) is 19.8. The molecule has 0 unspecified atom stereocenters. The van der Waals surface area contributed by atoms with Gasteiger partial charge in [0.15, 0.2) is 0 Å². The lowest BCUT2D eigenvalue weighted by atomic mass is 9.44. The summed E-state index contributed by atoms with van der Waals surface area (Å²) < 4.78 is 7.01. The highest BCUT2D eigenvalue weighted by Crippen LogP contribution is 2.71. The van der Waals surface area contributed by atoms with E-state index in [0.717, 1.165) is 54.9 Å². The largest absolute Gasteiger partial charge is 0.393 e. The Morgan fingerprint density at radius 1 is 0.867 bits per heavy atom. The second-order valence-corrected chi connectivity index (χ2v) is 13.3. The summed E-state index contributed by atoms with van der Waals surface area (Å²) in [5, 5.41) is 14.2. The maximum absolute atomic E-state index is 10.3. The Hall–Kier alpha value is -0.120. The quantitative estimate of drug-likeness (QED) is 0.559. The molecular weight excluding hydrogens is 370 g/mol. The molecule has 0 bridgehead atoms. The van der Waals surface area contributed by atoms with Crippen LogP contribution in [0.25, 0.3) is 0 Å². The molecule has 2 aliphatic heterocycles. The summed E-state index contributed by atoms with van der Waals surface area (Å²) in [5.74, 6) is 5.57. The normalized spacial score (nSPS) is 62.5. The fourth-order valence-corrected chi connectivity index (χ4v) is 10.4. The lowest BCUT2D eigenvalue weighted by molar-refractivity contribution is -0.140. The number of hydrogen-bond donors (Lipinski definition) is 2. The predicted octanol–water partition coefficient (Wildman–Crippen LogP) is 5.37. The van der Waals surface area contributed by atoms with Crippen molar-refractivity contribution in [3.8, 4) is 0 Å². The number of piperidine rings is 1. The van der Waals surface area contributed by atoms with Crippen molar-refractivity contribution >= 4 is 0 Å². The van der Waals surface area contributed by atoms with Gasteiger partial charge in [0.25, 0.3) is 0 Å². The molecule has 0 aromatic carbocycles. The molecule has 4 aliphatic carbocycles. The van der Waals surface area contributed by atoms with Gasteiger partial charge in [0, 0.05) is 12.5 Å². The van der Waals surface area contributed by atoms with Crippen molar-refractivity contribution in [2.24, 2.45) is 52.3 Å². The lowest BCUT2D eigenvalue weighted by Gasteiger charge is -2.61. The van der Waals surface area contributed by atoms with Crippen molar-refractivity contribution in [2.75, 3.05) is 6.54 Å². The van der Waals surface area contributed by atoms with Crippen LogP contribution in [0.15, 0.2) is 0 Å². The van der Waals surface area contributed by atoms with Gasteiger partial charge in [0.05, 0.1) is 12.2 Å². The van der Waals surface area contributed by atoms with Crippen LogP contribution < -0.4 is 5.32 Å². The fraction of sp³-hybridized carbons (Fsp3) is 1.00. The first-order chi connectivity index (χ1) is 14.3. The summed E-state index contributed by atoms with van der Waals surface area (Å²) >= 11 is 0. The van der Waals surface area contributed by atoms with E-state index in [4.69, 9.17) is 4.74 Å². The minimum absolute atomic E-state index is 0.0319. The predicted molar refractivity (Wildman–Crippen MR) is 120 cm³/mol. The number of aliphatic hydroxyl groups excluding tert-OH is 1. The fourth-order valence-electron chi connectivity index (χ4n) is 10.4. The Balaban J connectivity index is 1.26. The number of fused-ring (bicyclic) bond motifs is 7. The Kier molecular flexibility index (Phi) is 4.58. The molecule has 3 heteroatoms. The second kappa shape index (κ2) is 6.70. The van der Waals surface area contributed by atoms with E-state index in [1.807, 2.05) is 0 Å². The van der Waals surface area contributed by atoms with Gasteiger partial charge in [-0.2, -0.15) is 0 Å². The van der Waals surface area contributed by atoms with Crippen LogP contribution in [0.1, 0.15) is 91.9 Å². The van der Waals surface area contributed by atoms with Crippen molar-refractivity contribution in [2.45, 2.75) is 110 Å². The van der Waals surface area contributed by atoms with Crippen LogP contribution >= 0.6 is 0 Å². The molecule has 6 rings (SSSR count). The average Bonchev–Trinajstić information content (AvgIpc) is 3.16. The number of aliphatic hydroxyl groups is 1. The van der Waals surface area contributed by atoms with E-state index in [9.17, 15) is 5.11 Å². The van der Waals surface area contributed by atoms with E-state index < -0.39 is 0 Å². The minimum Gasteiger partial charge on any atom is -0.393 e. The lowest BCUT2D eigenvalue weighted by Crippen LogP contribution is -2.57. The molecular formula is C27H45NO2. The van der Waals surface area contributed by atoms with Gasteiger partial charge < -0.3 is 9.84 Å². The van der Waals surface area contributed by atoms with E-state index in [2.05, 4.69) is 33.0 Å². The number of nitrogens with one attached hydrogen (secondary N) is 1. The maximum atomic E-state index is 10.3. The van der Waals surface area contributed by atoms with Gasteiger partial charge in [-0.1, -0.05) is 27.7 Å². The van der Waals surface area contributed by atoms with Crippen LogP contribution in [0.2, 0.25) is 0 Å². The zero-order chi connectivity index (χ0) is 20.9. The Labute approximate surface area is 184 Å². The van der Waals surface area contributed by atoms with Crippen LogP contribution in [0.3, 0.4) is 0 Å². The molecule has 0 amide bonds. The van der Waals surface area contributed by atoms with Gasteiger partial charge in [-0.25, -0.2) is 0 Å². The summed E-state index contributed by atoms with van der Waals surface area (Å²) in [6.45, 7) is 11.3. The van der Waals surface area contributed by atoms with Gasteiger partial charge in [-0.05, 0) is 111 Å². The minimum atomic E-state index is -0.0320.